The Morgan fingerprint density at radius 1 is 1.45 bits per heavy atom. The Morgan fingerprint density at radius 3 is 2.85 bits per heavy atom. The number of benzene rings is 1. The molecule has 1 aromatic rings. The molecule has 0 aliphatic carbocycles. The van der Waals surface area contributed by atoms with Crippen molar-refractivity contribution in [2.24, 2.45) is 0 Å². The average molecular weight is 291 g/mol. The van der Waals surface area contributed by atoms with Gasteiger partial charge < -0.3 is 5.32 Å². The Morgan fingerprint density at radius 2 is 2.20 bits per heavy atom. The highest BCUT2D eigenvalue weighted by Crippen LogP contribution is 2.14. The molecule has 108 valence electrons. The molecule has 0 spiro atoms. The molecule has 0 bridgehead atoms. The van der Waals surface area contributed by atoms with Crippen LogP contribution in [0.2, 0.25) is 5.02 Å². The Bertz CT molecular complexity index is 458. The van der Waals surface area contributed by atoms with E-state index in [0.29, 0.717) is 12.1 Å². The summed E-state index contributed by atoms with van der Waals surface area (Å²) in [5.74, 6) is 2.72. The van der Waals surface area contributed by atoms with Gasteiger partial charge in [0, 0.05) is 30.2 Å². The molecule has 20 heavy (non-hydrogen) atoms. The molecule has 2 rings (SSSR count). The summed E-state index contributed by atoms with van der Waals surface area (Å²) in [5.41, 5.74) is 1.29. The summed E-state index contributed by atoms with van der Waals surface area (Å²) in [5, 5.41) is 4.54. The summed E-state index contributed by atoms with van der Waals surface area (Å²) >= 11 is 6.02. The second-order valence-electron chi connectivity index (χ2n) is 5.66. The van der Waals surface area contributed by atoms with Crippen LogP contribution in [-0.2, 0) is 6.42 Å². The SMILES string of the molecule is C#CCN1CCC(NC(C)Cc2cccc(Cl)c2)CC1. The Hall–Kier alpha value is -1.01. The zero-order valence-electron chi connectivity index (χ0n) is 12.1. The largest absolute Gasteiger partial charge is 0.311 e. The van der Waals surface area contributed by atoms with Crippen LogP contribution in [-0.4, -0.2) is 36.6 Å². The van der Waals surface area contributed by atoms with E-state index >= 15 is 0 Å². The third kappa shape index (κ3) is 4.83. The Balaban J connectivity index is 1.75. The lowest BCUT2D eigenvalue weighted by atomic mass is 10.0. The lowest BCUT2D eigenvalue weighted by molar-refractivity contribution is 0.210. The maximum atomic E-state index is 6.02. The van der Waals surface area contributed by atoms with Crippen molar-refractivity contribution in [3.63, 3.8) is 0 Å². The van der Waals surface area contributed by atoms with Crippen LogP contribution in [0, 0.1) is 12.3 Å². The van der Waals surface area contributed by atoms with Crippen molar-refractivity contribution in [3.8, 4) is 12.3 Å². The van der Waals surface area contributed by atoms with Crippen molar-refractivity contribution < 1.29 is 0 Å². The first kappa shape index (κ1) is 15.4. The van der Waals surface area contributed by atoms with Gasteiger partial charge in [0.1, 0.15) is 0 Å². The zero-order chi connectivity index (χ0) is 14.4. The number of hydrogen-bond donors (Lipinski definition) is 1. The average Bonchev–Trinajstić information content (AvgIpc) is 2.41. The molecule has 0 aromatic heterocycles. The van der Waals surface area contributed by atoms with Gasteiger partial charge in [0.2, 0.25) is 0 Å². The predicted molar refractivity (Wildman–Crippen MR) is 86.0 cm³/mol. The quantitative estimate of drug-likeness (QED) is 0.839. The van der Waals surface area contributed by atoms with Gasteiger partial charge in [0.05, 0.1) is 6.54 Å². The van der Waals surface area contributed by atoms with Crippen molar-refractivity contribution in [1.82, 2.24) is 10.2 Å². The first-order chi connectivity index (χ1) is 9.67. The Labute approximate surface area is 127 Å². The van der Waals surface area contributed by atoms with E-state index in [1.807, 2.05) is 12.1 Å². The van der Waals surface area contributed by atoms with Crippen molar-refractivity contribution >= 4 is 11.6 Å². The molecule has 1 aliphatic rings. The summed E-state index contributed by atoms with van der Waals surface area (Å²) in [6.45, 7) is 5.23. The fourth-order valence-electron chi connectivity index (χ4n) is 2.87. The van der Waals surface area contributed by atoms with E-state index in [9.17, 15) is 0 Å². The minimum Gasteiger partial charge on any atom is -0.311 e. The smallest absolute Gasteiger partial charge is 0.0598 e. The highest BCUT2D eigenvalue weighted by Gasteiger charge is 2.19. The molecule has 1 aliphatic heterocycles. The third-order valence-electron chi connectivity index (χ3n) is 3.85. The van der Waals surface area contributed by atoms with E-state index in [2.05, 4.69) is 35.2 Å². The van der Waals surface area contributed by atoms with Crippen molar-refractivity contribution in [1.29, 1.82) is 0 Å². The molecule has 1 unspecified atom stereocenters. The summed E-state index contributed by atoms with van der Waals surface area (Å²) in [6.07, 6.45) is 8.74. The highest BCUT2D eigenvalue weighted by atomic mass is 35.5. The van der Waals surface area contributed by atoms with Crippen LogP contribution in [0.3, 0.4) is 0 Å². The molecule has 1 aromatic carbocycles. The number of hydrogen-bond acceptors (Lipinski definition) is 2. The molecule has 3 heteroatoms. The molecule has 0 amide bonds. The van der Waals surface area contributed by atoms with Crippen LogP contribution in [0.25, 0.3) is 0 Å². The lowest BCUT2D eigenvalue weighted by Gasteiger charge is -2.33. The fraction of sp³-hybridized carbons (Fsp3) is 0.529. The van der Waals surface area contributed by atoms with Gasteiger partial charge in [-0.15, -0.1) is 6.42 Å². The monoisotopic (exact) mass is 290 g/mol. The second-order valence-corrected chi connectivity index (χ2v) is 6.09. The van der Waals surface area contributed by atoms with Gasteiger partial charge >= 0.3 is 0 Å². The van der Waals surface area contributed by atoms with E-state index < -0.39 is 0 Å². The first-order valence-corrected chi connectivity index (χ1v) is 7.71. The molecule has 1 heterocycles. The number of nitrogens with zero attached hydrogens (tertiary/aromatic N) is 1. The molecular weight excluding hydrogens is 268 g/mol. The van der Waals surface area contributed by atoms with Gasteiger partial charge in [-0.05, 0) is 43.9 Å². The molecule has 2 nitrogen and oxygen atoms in total. The molecule has 1 atom stereocenters. The van der Waals surface area contributed by atoms with Crippen molar-refractivity contribution in [2.45, 2.75) is 38.3 Å². The predicted octanol–water partition coefficient (Wildman–Crippen LogP) is 2.96. The lowest BCUT2D eigenvalue weighted by Crippen LogP contribution is -2.46. The molecule has 1 saturated heterocycles. The van der Waals surface area contributed by atoms with Crippen LogP contribution in [0.1, 0.15) is 25.3 Å². The summed E-state index contributed by atoms with van der Waals surface area (Å²) < 4.78 is 0. The number of halogens is 1. The van der Waals surface area contributed by atoms with Crippen LogP contribution in [0.4, 0.5) is 0 Å². The number of terminal acetylenes is 1. The van der Waals surface area contributed by atoms with E-state index in [0.717, 1.165) is 31.1 Å². The van der Waals surface area contributed by atoms with Gasteiger partial charge in [0.25, 0.3) is 0 Å². The molecule has 0 radical (unpaired) electrons. The molecule has 1 N–H and O–H groups in total. The van der Waals surface area contributed by atoms with Crippen LogP contribution >= 0.6 is 11.6 Å². The minimum absolute atomic E-state index is 0.470. The van der Waals surface area contributed by atoms with E-state index in [1.54, 1.807) is 0 Å². The second kappa shape index (κ2) is 7.69. The maximum Gasteiger partial charge on any atom is 0.0598 e. The standard InChI is InChI=1S/C17H23ClN2/c1-3-9-20-10-7-17(8-11-20)19-14(2)12-15-5-4-6-16(18)13-15/h1,4-6,13-14,17,19H,7-12H2,2H3. The maximum absolute atomic E-state index is 6.02. The normalized spacial score (nSPS) is 18.6. The van der Waals surface area contributed by atoms with Gasteiger partial charge in [-0.2, -0.15) is 0 Å². The van der Waals surface area contributed by atoms with Crippen molar-refractivity contribution in [3.05, 3.63) is 34.9 Å². The van der Waals surface area contributed by atoms with E-state index in [4.69, 9.17) is 18.0 Å². The third-order valence-corrected chi connectivity index (χ3v) is 4.09. The summed E-state index contributed by atoms with van der Waals surface area (Å²) in [6, 6.07) is 9.21. The topological polar surface area (TPSA) is 15.3 Å². The summed E-state index contributed by atoms with van der Waals surface area (Å²) in [7, 11) is 0. The fourth-order valence-corrected chi connectivity index (χ4v) is 3.08. The van der Waals surface area contributed by atoms with E-state index in [-0.39, 0.29) is 0 Å². The number of rotatable bonds is 5. The zero-order valence-corrected chi connectivity index (χ0v) is 12.9. The van der Waals surface area contributed by atoms with Crippen LogP contribution in [0.5, 0.6) is 0 Å². The highest BCUT2D eigenvalue weighted by molar-refractivity contribution is 6.30. The first-order valence-electron chi connectivity index (χ1n) is 7.33. The van der Waals surface area contributed by atoms with Gasteiger partial charge in [0.15, 0.2) is 0 Å². The van der Waals surface area contributed by atoms with Gasteiger partial charge in [-0.3, -0.25) is 4.90 Å². The minimum atomic E-state index is 0.470. The summed E-state index contributed by atoms with van der Waals surface area (Å²) in [4.78, 5) is 2.35. The van der Waals surface area contributed by atoms with Gasteiger partial charge in [-0.1, -0.05) is 29.7 Å². The van der Waals surface area contributed by atoms with E-state index in [1.165, 1.54) is 18.4 Å². The number of likely N-dealkylation sites (tertiary alicyclic amines) is 1. The Kier molecular flexibility index (Phi) is 5.91. The molecule has 1 fully saturated rings. The van der Waals surface area contributed by atoms with Crippen LogP contribution < -0.4 is 5.32 Å². The molecule has 0 saturated carbocycles. The van der Waals surface area contributed by atoms with Crippen molar-refractivity contribution in [2.75, 3.05) is 19.6 Å². The number of nitrogens with one attached hydrogen (secondary N) is 1. The number of piperidine rings is 1. The molecular formula is C17H23ClN2. The van der Waals surface area contributed by atoms with Crippen LogP contribution in [0.15, 0.2) is 24.3 Å². The van der Waals surface area contributed by atoms with Gasteiger partial charge in [-0.25, -0.2) is 0 Å².